The first-order valence-electron chi connectivity index (χ1n) is 8.08. The summed E-state index contributed by atoms with van der Waals surface area (Å²) in [6, 6.07) is 6.85. The van der Waals surface area contributed by atoms with E-state index in [2.05, 4.69) is 20.8 Å². The Balaban J connectivity index is 2.00. The Bertz CT molecular complexity index is 711. The van der Waals surface area contributed by atoms with Crippen LogP contribution in [0.5, 0.6) is 5.75 Å². The first-order chi connectivity index (χ1) is 12.0. The zero-order chi connectivity index (χ0) is 18.2. The fraction of sp³-hybridized carbons (Fsp3) is 0.412. The van der Waals surface area contributed by atoms with E-state index in [0.717, 1.165) is 12.1 Å². The van der Waals surface area contributed by atoms with Crippen molar-refractivity contribution in [3.05, 3.63) is 42.0 Å². The third kappa shape index (κ3) is 5.30. The molecule has 0 bridgehead atoms. The predicted molar refractivity (Wildman–Crippen MR) is 91.7 cm³/mol. The average Bonchev–Trinajstić information content (AvgIpc) is 3.06. The van der Waals surface area contributed by atoms with Crippen molar-refractivity contribution < 1.29 is 14.3 Å². The number of benzene rings is 1. The highest BCUT2D eigenvalue weighted by molar-refractivity contribution is 5.79. The number of amides is 2. The zero-order valence-corrected chi connectivity index (χ0v) is 14.7. The van der Waals surface area contributed by atoms with E-state index in [9.17, 15) is 9.59 Å². The molecule has 2 amide bonds. The lowest BCUT2D eigenvalue weighted by molar-refractivity contribution is -0.123. The molecule has 0 saturated carbocycles. The van der Waals surface area contributed by atoms with E-state index in [-0.39, 0.29) is 18.2 Å². The zero-order valence-electron chi connectivity index (χ0n) is 14.7. The second-order valence-electron chi connectivity index (χ2n) is 5.54. The molecule has 0 fully saturated rings. The smallest absolute Gasteiger partial charge is 0.222 e. The molecule has 0 spiro atoms. The summed E-state index contributed by atoms with van der Waals surface area (Å²) in [6.07, 6.45) is 1.76. The molecule has 0 aliphatic rings. The number of hydrogen-bond acceptors (Lipinski definition) is 5. The third-order valence-corrected chi connectivity index (χ3v) is 3.77. The van der Waals surface area contributed by atoms with Gasteiger partial charge >= 0.3 is 0 Å². The van der Waals surface area contributed by atoms with Crippen LogP contribution in [-0.2, 0) is 22.7 Å². The number of hydrogen-bond donors (Lipinski definition) is 2. The maximum atomic E-state index is 12.3. The van der Waals surface area contributed by atoms with Gasteiger partial charge in [-0.05, 0) is 24.6 Å². The van der Waals surface area contributed by atoms with Crippen LogP contribution in [0.1, 0.15) is 37.7 Å². The Morgan fingerprint density at radius 2 is 2.00 bits per heavy atom. The minimum Gasteiger partial charge on any atom is -0.497 e. The van der Waals surface area contributed by atoms with Crippen molar-refractivity contribution in [1.29, 1.82) is 0 Å². The number of aryl methyl sites for hydroxylation is 1. The van der Waals surface area contributed by atoms with Gasteiger partial charge in [0.05, 0.1) is 26.1 Å². The topological polar surface area (TPSA) is 98.1 Å². The molecular weight excluding hydrogens is 322 g/mol. The molecule has 0 unspecified atom stereocenters. The number of carbonyl (C=O) groups excluding carboxylic acids is 2. The summed E-state index contributed by atoms with van der Waals surface area (Å²) >= 11 is 0. The number of nitrogens with one attached hydrogen (secondary N) is 2. The molecular formula is C17H23N5O3. The van der Waals surface area contributed by atoms with Gasteiger partial charge in [-0.25, -0.2) is 0 Å². The third-order valence-electron chi connectivity index (χ3n) is 3.77. The SMILES string of the molecule is CCn1cnnc1CNC(=O)C[C@@H](NC(C)=O)c1ccc(OC)cc1. The van der Waals surface area contributed by atoms with E-state index >= 15 is 0 Å². The van der Waals surface area contributed by atoms with Crippen LogP contribution in [-0.4, -0.2) is 33.7 Å². The molecule has 1 aromatic heterocycles. The van der Waals surface area contributed by atoms with Gasteiger partial charge in [-0.2, -0.15) is 0 Å². The summed E-state index contributed by atoms with van der Waals surface area (Å²) in [5.74, 6) is 1.03. The molecule has 134 valence electrons. The monoisotopic (exact) mass is 345 g/mol. The molecule has 8 nitrogen and oxygen atoms in total. The minimum absolute atomic E-state index is 0.131. The molecule has 0 radical (unpaired) electrons. The van der Waals surface area contributed by atoms with Gasteiger partial charge in [0.2, 0.25) is 11.8 Å². The highest BCUT2D eigenvalue weighted by Gasteiger charge is 2.17. The summed E-state index contributed by atoms with van der Waals surface area (Å²) < 4.78 is 6.99. The van der Waals surface area contributed by atoms with E-state index in [4.69, 9.17) is 4.74 Å². The van der Waals surface area contributed by atoms with Gasteiger partial charge < -0.3 is 19.9 Å². The lowest BCUT2D eigenvalue weighted by Crippen LogP contribution is -2.32. The van der Waals surface area contributed by atoms with Crippen LogP contribution in [0.25, 0.3) is 0 Å². The van der Waals surface area contributed by atoms with Crippen molar-refractivity contribution >= 4 is 11.8 Å². The number of nitrogens with zero attached hydrogens (tertiary/aromatic N) is 3. The van der Waals surface area contributed by atoms with E-state index < -0.39 is 6.04 Å². The van der Waals surface area contributed by atoms with Gasteiger partial charge in [0, 0.05) is 13.5 Å². The van der Waals surface area contributed by atoms with Crippen LogP contribution in [0.4, 0.5) is 0 Å². The van der Waals surface area contributed by atoms with E-state index in [1.54, 1.807) is 25.6 Å². The number of aromatic nitrogens is 3. The standard InChI is InChI=1S/C17H23N5O3/c1-4-22-11-19-21-16(22)10-18-17(24)9-15(20-12(2)23)13-5-7-14(25-3)8-6-13/h5-8,11,15H,4,9-10H2,1-3H3,(H,18,24)(H,20,23)/t15-/m1/s1. The molecule has 0 aliphatic heterocycles. The molecule has 2 rings (SSSR count). The molecule has 1 heterocycles. The minimum atomic E-state index is -0.410. The fourth-order valence-corrected chi connectivity index (χ4v) is 2.45. The number of ether oxygens (including phenoxy) is 1. The lowest BCUT2D eigenvalue weighted by atomic mass is 10.0. The molecule has 25 heavy (non-hydrogen) atoms. The first kappa shape index (κ1) is 18.4. The fourth-order valence-electron chi connectivity index (χ4n) is 2.45. The van der Waals surface area contributed by atoms with Crippen molar-refractivity contribution in [2.24, 2.45) is 0 Å². The predicted octanol–water partition coefficient (Wildman–Crippen LogP) is 1.19. The van der Waals surface area contributed by atoms with Gasteiger partial charge in [-0.15, -0.1) is 10.2 Å². The highest BCUT2D eigenvalue weighted by atomic mass is 16.5. The van der Waals surface area contributed by atoms with Crippen LogP contribution in [0, 0.1) is 0 Å². The molecule has 2 N–H and O–H groups in total. The van der Waals surface area contributed by atoms with Crippen molar-refractivity contribution in [3.8, 4) is 5.75 Å². The highest BCUT2D eigenvalue weighted by Crippen LogP contribution is 2.20. The van der Waals surface area contributed by atoms with Crippen LogP contribution in [0.2, 0.25) is 0 Å². The Kier molecular flexibility index (Phi) is 6.50. The number of carbonyl (C=O) groups is 2. The molecule has 8 heteroatoms. The number of methoxy groups -OCH3 is 1. The van der Waals surface area contributed by atoms with Gasteiger partial charge in [-0.3, -0.25) is 9.59 Å². The van der Waals surface area contributed by atoms with Crippen LogP contribution >= 0.6 is 0 Å². The normalized spacial score (nSPS) is 11.6. The summed E-state index contributed by atoms with van der Waals surface area (Å²) in [5, 5.41) is 13.4. The van der Waals surface area contributed by atoms with Gasteiger partial charge in [0.15, 0.2) is 5.82 Å². The number of rotatable bonds is 8. The van der Waals surface area contributed by atoms with Crippen LogP contribution in [0.3, 0.4) is 0 Å². The van der Waals surface area contributed by atoms with Crippen molar-refractivity contribution in [2.75, 3.05) is 7.11 Å². The Morgan fingerprint density at radius 1 is 1.28 bits per heavy atom. The molecule has 0 aliphatic carbocycles. The quantitative estimate of drug-likeness (QED) is 0.749. The maximum absolute atomic E-state index is 12.3. The Hall–Kier alpha value is -2.90. The van der Waals surface area contributed by atoms with Crippen LogP contribution < -0.4 is 15.4 Å². The summed E-state index contributed by atoms with van der Waals surface area (Å²) in [7, 11) is 1.59. The largest absolute Gasteiger partial charge is 0.497 e. The second kappa shape index (κ2) is 8.81. The lowest BCUT2D eigenvalue weighted by Gasteiger charge is -2.18. The van der Waals surface area contributed by atoms with Crippen molar-refractivity contribution in [2.45, 2.75) is 39.4 Å². The van der Waals surface area contributed by atoms with E-state index in [1.807, 2.05) is 23.6 Å². The first-order valence-corrected chi connectivity index (χ1v) is 8.08. The van der Waals surface area contributed by atoms with E-state index in [1.165, 1.54) is 6.92 Å². The van der Waals surface area contributed by atoms with Crippen LogP contribution in [0.15, 0.2) is 30.6 Å². The van der Waals surface area contributed by atoms with Crippen molar-refractivity contribution in [1.82, 2.24) is 25.4 Å². The van der Waals surface area contributed by atoms with Crippen molar-refractivity contribution in [3.63, 3.8) is 0 Å². The van der Waals surface area contributed by atoms with Gasteiger partial charge in [0.25, 0.3) is 0 Å². The molecule has 0 saturated heterocycles. The summed E-state index contributed by atoms with van der Waals surface area (Å²) in [6.45, 7) is 4.43. The molecule has 1 aromatic carbocycles. The second-order valence-corrected chi connectivity index (χ2v) is 5.54. The molecule has 1 atom stereocenters. The summed E-state index contributed by atoms with van der Waals surface area (Å²) in [4.78, 5) is 23.8. The van der Waals surface area contributed by atoms with Gasteiger partial charge in [-0.1, -0.05) is 12.1 Å². The average molecular weight is 345 g/mol. The Morgan fingerprint density at radius 3 is 2.60 bits per heavy atom. The maximum Gasteiger partial charge on any atom is 0.222 e. The molecule has 2 aromatic rings. The Labute approximate surface area is 146 Å². The summed E-state index contributed by atoms with van der Waals surface area (Å²) in [5.41, 5.74) is 0.836. The van der Waals surface area contributed by atoms with Gasteiger partial charge in [0.1, 0.15) is 12.1 Å². The van der Waals surface area contributed by atoms with E-state index in [0.29, 0.717) is 18.1 Å².